The molecule has 1 heteroatoms. The van der Waals surface area contributed by atoms with Gasteiger partial charge in [-0.2, -0.15) is 0 Å². The van der Waals surface area contributed by atoms with Gasteiger partial charge in [0, 0.05) is 13.3 Å². The van der Waals surface area contributed by atoms with E-state index in [0.29, 0.717) is 0 Å². The molecule has 0 aromatic carbocycles. The molecule has 0 N–H and O–H groups in total. The quantitative estimate of drug-likeness (QED) is 0.531. The number of hydrogen-bond acceptors (Lipinski definition) is 1. The van der Waals surface area contributed by atoms with Gasteiger partial charge >= 0.3 is 0 Å². The van der Waals surface area contributed by atoms with E-state index in [1.54, 1.807) is 7.05 Å². The Bertz CT molecular complexity index is 147. The van der Waals surface area contributed by atoms with Gasteiger partial charge in [0.25, 0.3) is 0 Å². The van der Waals surface area contributed by atoms with E-state index in [1.165, 1.54) is 5.57 Å². The summed E-state index contributed by atoms with van der Waals surface area (Å²) in [6.45, 7) is 12.7. The highest BCUT2D eigenvalue weighted by molar-refractivity contribution is 5.72. The molecule has 1 nitrogen and oxygen atoms in total. The van der Waals surface area contributed by atoms with Crippen molar-refractivity contribution in [1.29, 1.82) is 0 Å². The summed E-state index contributed by atoms with van der Waals surface area (Å²) in [7, 11) is 1.78. The molecule has 0 bridgehead atoms. The molecular formula is C11H23N. The molecule has 0 aromatic rings. The summed E-state index contributed by atoms with van der Waals surface area (Å²) in [6, 6.07) is 0. The fraction of sp³-hybridized carbons (Fsp3) is 0.727. The summed E-state index contributed by atoms with van der Waals surface area (Å²) in [5, 5.41) is 0. The van der Waals surface area contributed by atoms with Gasteiger partial charge in [-0.3, -0.25) is 4.99 Å². The molecule has 0 aromatic heterocycles. The Hall–Kier alpha value is -0.590. The predicted octanol–water partition coefficient (Wildman–Crippen LogP) is 3.71. The molecule has 0 saturated heterocycles. The monoisotopic (exact) mass is 169 g/mol. The van der Waals surface area contributed by atoms with Crippen LogP contribution in [0.25, 0.3) is 0 Å². The van der Waals surface area contributed by atoms with Crippen molar-refractivity contribution in [2.24, 2.45) is 10.4 Å². The highest BCUT2D eigenvalue weighted by atomic mass is 14.6. The molecule has 0 fully saturated rings. The third-order valence-electron chi connectivity index (χ3n) is 1.66. The largest absolute Gasteiger partial charge is 0.297 e. The molecule has 0 aliphatic carbocycles. The summed E-state index contributed by atoms with van der Waals surface area (Å²) in [4.78, 5) is 3.89. The van der Waals surface area contributed by atoms with Crippen molar-refractivity contribution in [2.75, 3.05) is 7.05 Å². The SMILES string of the molecule is CC.CN=C/C=C(\C)C(C)(C)C. The van der Waals surface area contributed by atoms with Crippen LogP contribution in [0.4, 0.5) is 0 Å². The normalized spacial score (nSPS) is 12.8. The van der Waals surface area contributed by atoms with Crippen LogP contribution in [0.1, 0.15) is 41.5 Å². The number of nitrogens with zero attached hydrogens (tertiary/aromatic N) is 1. The zero-order chi connectivity index (χ0) is 10.2. The van der Waals surface area contributed by atoms with Gasteiger partial charge in [0.05, 0.1) is 0 Å². The van der Waals surface area contributed by atoms with E-state index >= 15 is 0 Å². The first-order chi connectivity index (χ1) is 5.48. The minimum absolute atomic E-state index is 0.279. The first-order valence-corrected chi connectivity index (χ1v) is 4.58. The van der Waals surface area contributed by atoms with Gasteiger partial charge in [0.15, 0.2) is 0 Å². The number of aliphatic imine (C=N–C) groups is 1. The molecule has 0 spiro atoms. The average Bonchev–Trinajstić information content (AvgIpc) is 2.02. The van der Waals surface area contributed by atoms with Crippen molar-refractivity contribution in [3.8, 4) is 0 Å². The van der Waals surface area contributed by atoms with Crippen molar-refractivity contribution in [2.45, 2.75) is 41.5 Å². The maximum absolute atomic E-state index is 3.89. The smallest absolute Gasteiger partial charge is 0.0277 e. The summed E-state index contributed by atoms with van der Waals surface area (Å²) < 4.78 is 0. The molecule has 0 unspecified atom stereocenters. The Kier molecular flexibility index (Phi) is 8.24. The van der Waals surface area contributed by atoms with Crippen LogP contribution in [0.3, 0.4) is 0 Å². The van der Waals surface area contributed by atoms with E-state index in [0.717, 1.165) is 0 Å². The van der Waals surface area contributed by atoms with Crippen LogP contribution in [0.2, 0.25) is 0 Å². The van der Waals surface area contributed by atoms with Gasteiger partial charge in [-0.1, -0.05) is 40.2 Å². The molecule has 0 saturated carbocycles. The molecule has 0 aliphatic heterocycles. The Morgan fingerprint density at radius 1 is 1.17 bits per heavy atom. The minimum Gasteiger partial charge on any atom is -0.297 e. The molecule has 0 amide bonds. The van der Waals surface area contributed by atoms with Crippen molar-refractivity contribution >= 4 is 6.21 Å². The predicted molar refractivity (Wildman–Crippen MR) is 59.0 cm³/mol. The summed E-state index contributed by atoms with van der Waals surface area (Å²) in [6.07, 6.45) is 3.89. The lowest BCUT2D eigenvalue weighted by atomic mass is 9.88. The third-order valence-corrected chi connectivity index (χ3v) is 1.66. The van der Waals surface area contributed by atoms with E-state index in [-0.39, 0.29) is 5.41 Å². The number of rotatable bonds is 1. The van der Waals surface area contributed by atoms with Crippen molar-refractivity contribution in [1.82, 2.24) is 0 Å². The Labute approximate surface area is 77.6 Å². The standard InChI is InChI=1S/C9H17N.C2H6/c1-8(6-7-10-5)9(2,3)4;1-2/h6-7H,1-5H3;1-2H3/b8-6+,10-7?;. The Morgan fingerprint density at radius 3 is 1.83 bits per heavy atom. The summed E-state index contributed by atoms with van der Waals surface area (Å²) in [5.41, 5.74) is 1.64. The lowest BCUT2D eigenvalue weighted by molar-refractivity contribution is 0.505. The first-order valence-electron chi connectivity index (χ1n) is 4.58. The van der Waals surface area contributed by atoms with Gasteiger partial charge in [-0.05, 0) is 18.4 Å². The fourth-order valence-corrected chi connectivity index (χ4v) is 0.436. The van der Waals surface area contributed by atoms with E-state index in [9.17, 15) is 0 Å². The lowest BCUT2D eigenvalue weighted by Gasteiger charge is -2.18. The van der Waals surface area contributed by atoms with Gasteiger partial charge in [-0.15, -0.1) is 0 Å². The third kappa shape index (κ3) is 7.52. The van der Waals surface area contributed by atoms with E-state index in [1.807, 2.05) is 20.1 Å². The maximum atomic E-state index is 3.89. The topological polar surface area (TPSA) is 12.4 Å². The van der Waals surface area contributed by atoms with Gasteiger partial charge in [0.2, 0.25) is 0 Å². The minimum atomic E-state index is 0.279. The zero-order valence-electron chi connectivity index (χ0n) is 9.60. The second-order valence-corrected chi connectivity index (χ2v) is 3.51. The molecule has 0 aliphatic rings. The van der Waals surface area contributed by atoms with Crippen molar-refractivity contribution in [3.05, 3.63) is 11.6 Å². The van der Waals surface area contributed by atoms with E-state index in [2.05, 4.69) is 38.8 Å². The van der Waals surface area contributed by atoms with Crippen LogP contribution in [-0.2, 0) is 0 Å². The van der Waals surface area contributed by atoms with Crippen LogP contribution < -0.4 is 0 Å². The second kappa shape index (κ2) is 7.08. The van der Waals surface area contributed by atoms with Crippen molar-refractivity contribution < 1.29 is 0 Å². The van der Waals surface area contributed by atoms with Crippen LogP contribution in [0, 0.1) is 5.41 Å². The highest BCUT2D eigenvalue weighted by Gasteiger charge is 2.10. The molecule has 0 atom stereocenters. The Morgan fingerprint density at radius 2 is 1.58 bits per heavy atom. The van der Waals surface area contributed by atoms with Crippen LogP contribution in [0.15, 0.2) is 16.6 Å². The molecule has 0 heterocycles. The van der Waals surface area contributed by atoms with Crippen LogP contribution >= 0.6 is 0 Å². The van der Waals surface area contributed by atoms with Crippen LogP contribution in [0.5, 0.6) is 0 Å². The first kappa shape index (κ1) is 14.0. The average molecular weight is 169 g/mol. The molecule has 72 valence electrons. The zero-order valence-corrected chi connectivity index (χ0v) is 9.60. The summed E-state index contributed by atoms with van der Waals surface area (Å²) in [5.74, 6) is 0. The van der Waals surface area contributed by atoms with Crippen molar-refractivity contribution in [3.63, 3.8) is 0 Å². The van der Waals surface area contributed by atoms with Gasteiger partial charge in [0.1, 0.15) is 0 Å². The Balaban J connectivity index is 0. The van der Waals surface area contributed by atoms with Crippen LogP contribution in [-0.4, -0.2) is 13.3 Å². The van der Waals surface area contributed by atoms with Gasteiger partial charge < -0.3 is 0 Å². The molecule has 0 rings (SSSR count). The van der Waals surface area contributed by atoms with E-state index < -0.39 is 0 Å². The molecule has 12 heavy (non-hydrogen) atoms. The number of allylic oxidation sites excluding steroid dienone is 2. The summed E-state index contributed by atoms with van der Waals surface area (Å²) >= 11 is 0. The number of hydrogen-bond donors (Lipinski definition) is 0. The highest BCUT2D eigenvalue weighted by Crippen LogP contribution is 2.23. The lowest BCUT2D eigenvalue weighted by Crippen LogP contribution is -2.06. The molecule has 0 radical (unpaired) electrons. The van der Waals surface area contributed by atoms with E-state index in [4.69, 9.17) is 0 Å². The fourth-order valence-electron chi connectivity index (χ4n) is 0.436. The molecular weight excluding hydrogens is 146 g/mol. The second-order valence-electron chi connectivity index (χ2n) is 3.51. The van der Waals surface area contributed by atoms with Gasteiger partial charge in [-0.25, -0.2) is 0 Å². The maximum Gasteiger partial charge on any atom is 0.0277 e.